The molecule has 0 amide bonds. The van der Waals surface area contributed by atoms with Crippen molar-refractivity contribution in [2.45, 2.75) is 39.3 Å². The number of thioether (sulfide) groups is 1. The summed E-state index contributed by atoms with van der Waals surface area (Å²) in [4.78, 5) is 4.87. The van der Waals surface area contributed by atoms with Crippen molar-refractivity contribution in [1.82, 2.24) is 10.3 Å². The summed E-state index contributed by atoms with van der Waals surface area (Å²) in [6.07, 6.45) is 0. The zero-order chi connectivity index (χ0) is 15.2. The zero-order valence-electron chi connectivity index (χ0n) is 13.5. The van der Waals surface area contributed by atoms with Crippen molar-refractivity contribution in [3.63, 3.8) is 0 Å². The molecule has 0 atom stereocenters. The van der Waals surface area contributed by atoms with E-state index in [1.54, 1.807) is 0 Å². The molecule has 0 bridgehead atoms. The Hall–Kier alpha value is -1.06. The highest BCUT2D eigenvalue weighted by atomic mass is 32.2. The first-order chi connectivity index (χ1) is 10.1. The molecule has 0 unspecified atom stereocenters. The van der Waals surface area contributed by atoms with E-state index >= 15 is 0 Å². The van der Waals surface area contributed by atoms with E-state index in [-0.39, 0.29) is 0 Å². The fraction of sp³-hybridized carbons (Fsp3) is 0.500. The topological polar surface area (TPSA) is 24.9 Å². The van der Waals surface area contributed by atoms with Crippen LogP contribution < -0.4 is 5.32 Å². The van der Waals surface area contributed by atoms with Gasteiger partial charge in [-0.1, -0.05) is 45.9 Å². The third kappa shape index (κ3) is 5.01. The van der Waals surface area contributed by atoms with Crippen molar-refractivity contribution in [2.75, 3.05) is 12.3 Å². The van der Waals surface area contributed by atoms with Crippen molar-refractivity contribution in [3.8, 4) is 0 Å². The summed E-state index contributed by atoms with van der Waals surface area (Å²) in [7, 11) is 0. The highest BCUT2D eigenvalue weighted by Gasteiger charge is 2.09. The minimum absolute atomic E-state index is 0.671. The van der Waals surface area contributed by atoms with E-state index in [0.717, 1.165) is 24.4 Å². The molecule has 0 saturated carbocycles. The molecule has 1 N–H and O–H groups in total. The minimum Gasteiger partial charge on any atom is -0.312 e. The maximum atomic E-state index is 4.87. The van der Waals surface area contributed by atoms with Gasteiger partial charge in [0, 0.05) is 17.7 Å². The van der Waals surface area contributed by atoms with E-state index in [1.165, 1.54) is 16.0 Å². The molecule has 114 valence electrons. The molecule has 1 aromatic heterocycles. The number of fused-ring (bicyclic) bond motifs is 1. The van der Waals surface area contributed by atoms with Crippen LogP contribution in [0.15, 0.2) is 35.4 Å². The number of benzene rings is 1. The van der Waals surface area contributed by atoms with Gasteiger partial charge in [0.2, 0.25) is 0 Å². The molecule has 2 rings (SSSR count). The van der Waals surface area contributed by atoms with E-state index in [1.807, 2.05) is 11.8 Å². The fourth-order valence-electron chi connectivity index (χ4n) is 2.13. The smallest absolute Gasteiger partial charge is 0.101 e. The van der Waals surface area contributed by atoms with Gasteiger partial charge in [0.05, 0.1) is 5.52 Å². The Kier molecular flexibility index (Phi) is 6.07. The van der Waals surface area contributed by atoms with Crippen LogP contribution in [-0.4, -0.2) is 17.3 Å². The number of rotatable bonds is 7. The minimum atomic E-state index is 0.671. The zero-order valence-corrected chi connectivity index (χ0v) is 14.3. The molecule has 0 aliphatic rings. The first kappa shape index (κ1) is 16.3. The van der Waals surface area contributed by atoms with Gasteiger partial charge in [0.1, 0.15) is 5.03 Å². The average molecular weight is 302 g/mol. The van der Waals surface area contributed by atoms with Gasteiger partial charge < -0.3 is 5.32 Å². The third-order valence-electron chi connectivity index (χ3n) is 3.18. The van der Waals surface area contributed by atoms with Gasteiger partial charge in [-0.2, -0.15) is 0 Å². The summed E-state index contributed by atoms with van der Waals surface area (Å²) in [5.74, 6) is 2.47. The number of aromatic nitrogens is 1. The molecule has 0 aliphatic carbocycles. The lowest BCUT2D eigenvalue weighted by Gasteiger charge is -2.13. The van der Waals surface area contributed by atoms with Crippen molar-refractivity contribution in [3.05, 3.63) is 35.9 Å². The normalized spacial score (nSPS) is 11.7. The van der Waals surface area contributed by atoms with E-state index in [9.17, 15) is 0 Å². The Labute approximate surface area is 132 Å². The van der Waals surface area contributed by atoms with Crippen LogP contribution in [-0.2, 0) is 6.54 Å². The van der Waals surface area contributed by atoms with Crippen molar-refractivity contribution in [1.29, 1.82) is 0 Å². The van der Waals surface area contributed by atoms with E-state index in [4.69, 9.17) is 4.98 Å². The van der Waals surface area contributed by atoms with Crippen LogP contribution in [0.2, 0.25) is 0 Å². The Morgan fingerprint density at radius 2 is 1.86 bits per heavy atom. The third-order valence-corrected chi connectivity index (χ3v) is 4.64. The van der Waals surface area contributed by atoms with E-state index in [2.05, 4.69) is 63.3 Å². The summed E-state index contributed by atoms with van der Waals surface area (Å²) in [5.41, 5.74) is 2.41. The molecule has 3 heteroatoms. The van der Waals surface area contributed by atoms with Crippen LogP contribution in [0.4, 0.5) is 0 Å². The van der Waals surface area contributed by atoms with Gasteiger partial charge in [0.25, 0.3) is 0 Å². The molecular weight excluding hydrogens is 276 g/mol. The van der Waals surface area contributed by atoms with E-state index in [0.29, 0.717) is 11.8 Å². The molecule has 0 radical (unpaired) electrons. The summed E-state index contributed by atoms with van der Waals surface area (Å²) in [6, 6.07) is 10.7. The number of nitrogens with zero attached hydrogens (tertiary/aromatic N) is 1. The quantitative estimate of drug-likeness (QED) is 0.749. The van der Waals surface area contributed by atoms with Crippen LogP contribution in [0.5, 0.6) is 0 Å². The van der Waals surface area contributed by atoms with Gasteiger partial charge in [-0.3, -0.25) is 0 Å². The molecule has 1 heterocycles. The second-order valence-corrected chi connectivity index (χ2v) is 7.38. The van der Waals surface area contributed by atoms with Gasteiger partial charge >= 0.3 is 0 Å². The molecule has 0 fully saturated rings. The number of para-hydroxylation sites is 1. The molecular formula is C18H26N2S. The highest BCUT2D eigenvalue weighted by Crippen LogP contribution is 2.26. The first-order valence-electron chi connectivity index (χ1n) is 7.78. The summed E-state index contributed by atoms with van der Waals surface area (Å²) >= 11 is 1.88. The van der Waals surface area contributed by atoms with Crippen molar-refractivity contribution in [2.24, 2.45) is 11.8 Å². The monoisotopic (exact) mass is 302 g/mol. The summed E-state index contributed by atoms with van der Waals surface area (Å²) < 4.78 is 0. The number of nitrogens with one attached hydrogen (secondary N) is 1. The van der Waals surface area contributed by atoms with Gasteiger partial charge in [-0.05, 0) is 36.1 Å². The standard InChI is InChI=1S/C18H26N2S/c1-13(2)10-19-11-16-9-15-7-5-6-8-17(15)20-18(16)21-12-14(3)4/h5-9,13-14,19H,10-12H2,1-4H3. The predicted molar refractivity (Wildman–Crippen MR) is 93.8 cm³/mol. The molecule has 0 aliphatic heterocycles. The molecule has 2 aromatic rings. The number of pyridine rings is 1. The fourth-order valence-corrected chi connectivity index (χ4v) is 3.11. The van der Waals surface area contributed by atoms with Crippen LogP contribution in [0.1, 0.15) is 33.3 Å². The van der Waals surface area contributed by atoms with Crippen molar-refractivity contribution >= 4 is 22.7 Å². The van der Waals surface area contributed by atoms with E-state index < -0.39 is 0 Å². The van der Waals surface area contributed by atoms with Crippen LogP contribution in [0.3, 0.4) is 0 Å². The lowest BCUT2D eigenvalue weighted by Crippen LogP contribution is -2.19. The van der Waals surface area contributed by atoms with Gasteiger partial charge in [-0.25, -0.2) is 4.98 Å². The van der Waals surface area contributed by atoms with Gasteiger partial charge in [-0.15, -0.1) is 11.8 Å². The summed E-state index contributed by atoms with van der Waals surface area (Å²) in [5, 5.41) is 5.95. The van der Waals surface area contributed by atoms with Crippen LogP contribution >= 0.6 is 11.8 Å². The average Bonchev–Trinajstić information content (AvgIpc) is 2.44. The number of hydrogen-bond donors (Lipinski definition) is 1. The molecule has 21 heavy (non-hydrogen) atoms. The largest absolute Gasteiger partial charge is 0.312 e. The Morgan fingerprint density at radius 1 is 1.10 bits per heavy atom. The lowest BCUT2D eigenvalue weighted by atomic mass is 10.1. The van der Waals surface area contributed by atoms with Crippen molar-refractivity contribution < 1.29 is 0 Å². The number of hydrogen-bond acceptors (Lipinski definition) is 3. The Bertz CT molecular complexity index is 578. The maximum Gasteiger partial charge on any atom is 0.101 e. The molecule has 1 aromatic carbocycles. The Balaban J connectivity index is 2.22. The molecule has 0 spiro atoms. The second-order valence-electron chi connectivity index (χ2n) is 6.37. The molecule has 0 saturated heterocycles. The highest BCUT2D eigenvalue weighted by molar-refractivity contribution is 7.99. The summed E-state index contributed by atoms with van der Waals surface area (Å²) in [6.45, 7) is 10.9. The lowest BCUT2D eigenvalue weighted by molar-refractivity contribution is 0.549. The van der Waals surface area contributed by atoms with Crippen LogP contribution in [0.25, 0.3) is 10.9 Å². The van der Waals surface area contributed by atoms with Crippen LogP contribution in [0, 0.1) is 11.8 Å². The SMILES string of the molecule is CC(C)CNCc1cc2ccccc2nc1SCC(C)C. The second kappa shape index (κ2) is 7.81. The predicted octanol–water partition coefficient (Wildman–Crippen LogP) is 4.73. The maximum absolute atomic E-state index is 4.87. The first-order valence-corrected chi connectivity index (χ1v) is 8.77. The van der Waals surface area contributed by atoms with Gasteiger partial charge in [0.15, 0.2) is 0 Å². The molecule has 2 nitrogen and oxygen atoms in total. The Morgan fingerprint density at radius 3 is 2.57 bits per heavy atom.